The van der Waals surface area contributed by atoms with Crippen molar-refractivity contribution >= 4 is 17.7 Å². The third kappa shape index (κ3) is 5.58. The second-order valence-corrected chi connectivity index (χ2v) is 7.57. The lowest BCUT2D eigenvalue weighted by Gasteiger charge is -2.31. The first-order valence-corrected chi connectivity index (χ1v) is 10.9. The van der Waals surface area contributed by atoms with E-state index in [-0.39, 0.29) is 11.7 Å². The normalized spacial score (nSPS) is 15.6. The Morgan fingerprint density at radius 3 is 2.27 bits per heavy atom. The molecular formula is C25H30N2O6. The first-order valence-electron chi connectivity index (χ1n) is 10.9. The molecule has 1 unspecified atom stereocenters. The van der Waals surface area contributed by atoms with Crippen LogP contribution in [0.3, 0.4) is 0 Å². The number of methoxy groups -OCH3 is 1. The van der Waals surface area contributed by atoms with E-state index in [0.29, 0.717) is 47.3 Å². The smallest absolute Gasteiger partial charge is 0.338 e. The number of nitrogens with one attached hydrogen (secondary N) is 2. The van der Waals surface area contributed by atoms with Gasteiger partial charge in [0.1, 0.15) is 17.2 Å². The summed E-state index contributed by atoms with van der Waals surface area (Å²) in [5.74, 6) is 1.27. The second kappa shape index (κ2) is 10.8. The monoisotopic (exact) mass is 454 g/mol. The highest BCUT2D eigenvalue weighted by molar-refractivity contribution is 6.04. The summed E-state index contributed by atoms with van der Waals surface area (Å²) < 4.78 is 22.2. The maximum atomic E-state index is 13.3. The van der Waals surface area contributed by atoms with E-state index in [9.17, 15) is 9.59 Å². The van der Waals surface area contributed by atoms with Crippen LogP contribution in [0.25, 0.3) is 5.70 Å². The van der Waals surface area contributed by atoms with Gasteiger partial charge in [-0.25, -0.2) is 9.59 Å². The first kappa shape index (κ1) is 24.0. The zero-order chi connectivity index (χ0) is 24.0. The first-order chi connectivity index (χ1) is 15.9. The summed E-state index contributed by atoms with van der Waals surface area (Å²) in [5, 5.41) is 5.63. The molecule has 3 rings (SSSR count). The quantitative estimate of drug-likeness (QED) is 0.551. The molecule has 33 heavy (non-hydrogen) atoms. The average molecular weight is 455 g/mol. The summed E-state index contributed by atoms with van der Waals surface area (Å²) >= 11 is 0. The molecule has 2 aromatic rings. The SMILES string of the molecule is CCOc1ccc(C2NC(=O)NC(c3ccc(OC)cc3)=C2C(=O)OC(C)C)c(OCC)c1. The fourth-order valence-electron chi connectivity index (χ4n) is 3.57. The molecule has 1 atom stereocenters. The van der Waals surface area contributed by atoms with E-state index < -0.39 is 18.0 Å². The lowest BCUT2D eigenvalue weighted by Crippen LogP contribution is -2.45. The lowest BCUT2D eigenvalue weighted by molar-refractivity contribution is -0.143. The summed E-state index contributed by atoms with van der Waals surface area (Å²) in [7, 11) is 1.57. The topological polar surface area (TPSA) is 95.1 Å². The summed E-state index contributed by atoms with van der Waals surface area (Å²) in [6, 6.07) is 11.2. The van der Waals surface area contributed by atoms with Crippen LogP contribution in [0.15, 0.2) is 48.0 Å². The van der Waals surface area contributed by atoms with E-state index in [1.165, 1.54) is 0 Å². The van der Waals surface area contributed by atoms with Crippen molar-refractivity contribution in [3.63, 3.8) is 0 Å². The Kier molecular flexibility index (Phi) is 7.82. The van der Waals surface area contributed by atoms with Crippen LogP contribution in [0.2, 0.25) is 0 Å². The van der Waals surface area contributed by atoms with E-state index in [0.717, 1.165) is 0 Å². The minimum atomic E-state index is -0.792. The Morgan fingerprint density at radius 1 is 1.00 bits per heavy atom. The average Bonchev–Trinajstić information content (AvgIpc) is 2.78. The Bertz CT molecular complexity index is 1030. The van der Waals surface area contributed by atoms with Crippen LogP contribution < -0.4 is 24.8 Å². The summed E-state index contributed by atoms with van der Waals surface area (Å²) in [4.78, 5) is 26.0. The summed E-state index contributed by atoms with van der Waals surface area (Å²) in [6.07, 6.45) is -0.341. The van der Waals surface area contributed by atoms with Crippen molar-refractivity contribution in [1.82, 2.24) is 10.6 Å². The Balaban J connectivity index is 2.19. The van der Waals surface area contributed by atoms with Crippen LogP contribution in [0.5, 0.6) is 17.2 Å². The predicted octanol–water partition coefficient (Wildman–Crippen LogP) is 4.21. The number of carbonyl (C=O) groups is 2. The zero-order valence-electron chi connectivity index (χ0n) is 19.6. The van der Waals surface area contributed by atoms with Crippen LogP contribution in [0.1, 0.15) is 44.9 Å². The maximum absolute atomic E-state index is 13.3. The van der Waals surface area contributed by atoms with Crippen molar-refractivity contribution in [2.45, 2.75) is 39.8 Å². The molecule has 2 N–H and O–H groups in total. The van der Waals surface area contributed by atoms with E-state index in [1.54, 1.807) is 63.4 Å². The highest BCUT2D eigenvalue weighted by atomic mass is 16.5. The molecule has 0 aliphatic carbocycles. The maximum Gasteiger partial charge on any atom is 0.338 e. The van der Waals surface area contributed by atoms with Gasteiger partial charge in [-0.1, -0.05) is 0 Å². The number of urea groups is 1. The van der Waals surface area contributed by atoms with Gasteiger partial charge in [-0.3, -0.25) is 0 Å². The number of ether oxygens (including phenoxy) is 4. The number of hydrogen-bond acceptors (Lipinski definition) is 6. The van der Waals surface area contributed by atoms with Gasteiger partial charge >= 0.3 is 12.0 Å². The van der Waals surface area contributed by atoms with Gasteiger partial charge in [-0.2, -0.15) is 0 Å². The number of esters is 1. The molecule has 1 heterocycles. The van der Waals surface area contributed by atoms with Crippen LogP contribution in [0.4, 0.5) is 4.79 Å². The largest absolute Gasteiger partial charge is 0.497 e. The molecule has 8 heteroatoms. The number of rotatable bonds is 9. The molecule has 0 saturated heterocycles. The fraction of sp³-hybridized carbons (Fsp3) is 0.360. The molecule has 0 aromatic heterocycles. The summed E-state index contributed by atoms with van der Waals surface area (Å²) in [5.41, 5.74) is 1.92. The van der Waals surface area contributed by atoms with Crippen LogP contribution in [-0.2, 0) is 9.53 Å². The molecule has 0 radical (unpaired) electrons. The van der Waals surface area contributed by atoms with Crippen LogP contribution in [0, 0.1) is 0 Å². The Morgan fingerprint density at radius 2 is 1.67 bits per heavy atom. The molecule has 0 bridgehead atoms. The van der Waals surface area contributed by atoms with E-state index in [2.05, 4.69) is 10.6 Å². The number of benzene rings is 2. The highest BCUT2D eigenvalue weighted by Gasteiger charge is 2.36. The van der Waals surface area contributed by atoms with Gasteiger partial charge in [0.05, 0.1) is 43.7 Å². The Labute approximate surface area is 193 Å². The molecule has 2 amide bonds. The predicted molar refractivity (Wildman–Crippen MR) is 124 cm³/mol. The number of hydrogen-bond donors (Lipinski definition) is 2. The van der Waals surface area contributed by atoms with Crippen molar-refractivity contribution in [2.24, 2.45) is 0 Å². The summed E-state index contributed by atoms with van der Waals surface area (Å²) in [6.45, 7) is 8.22. The fourth-order valence-corrected chi connectivity index (χ4v) is 3.57. The van der Waals surface area contributed by atoms with Gasteiger partial charge in [-0.15, -0.1) is 0 Å². The van der Waals surface area contributed by atoms with Gasteiger partial charge in [0.2, 0.25) is 0 Å². The molecule has 0 fully saturated rings. The van der Waals surface area contributed by atoms with Crippen LogP contribution >= 0.6 is 0 Å². The van der Waals surface area contributed by atoms with Crippen molar-refractivity contribution in [3.8, 4) is 17.2 Å². The van der Waals surface area contributed by atoms with Gasteiger partial charge in [0.15, 0.2) is 0 Å². The highest BCUT2D eigenvalue weighted by Crippen LogP contribution is 2.38. The molecule has 0 spiro atoms. The molecule has 176 valence electrons. The van der Waals surface area contributed by atoms with Gasteiger partial charge in [-0.05, 0) is 69.7 Å². The third-order valence-electron chi connectivity index (χ3n) is 4.92. The van der Waals surface area contributed by atoms with E-state index in [4.69, 9.17) is 18.9 Å². The molecule has 2 aromatic carbocycles. The zero-order valence-corrected chi connectivity index (χ0v) is 19.6. The number of amides is 2. The minimum Gasteiger partial charge on any atom is -0.497 e. The Hall–Kier alpha value is -3.68. The van der Waals surface area contributed by atoms with Crippen LogP contribution in [-0.4, -0.2) is 38.4 Å². The second-order valence-electron chi connectivity index (χ2n) is 7.57. The van der Waals surface area contributed by atoms with Crippen molar-refractivity contribution in [3.05, 3.63) is 59.2 Å². The third-order valence-corrected chi connectivity index (χ3v) is 4.92. The van der Waals surface area contributed by atoms with Gasteiger partial charge in [0.25, 0.3) is 0 Å². The van der Waals surface area contributed by atoms with E-state index >= 15 is 0 Å². The molecule has 1 aliphatic heterocycles. The molecule has 8 nitrogen and oxygen atoms in total. The number of carbonyl (C=O) groups excluding carboxylic acids is 2. The van der Waals surface area contributed by atoms with Gasteiger partial charge < -0.3 is 29.6 Å². The van der Waals surface area contributed by atoms with Crippen molar-refractivity contribution < 1.29 is 28.5 Å². The van der Waals surface area contributed by atoms with Gasteiger partial charge in [0, 0.05) is 11.6 Å². The molecular weight excluding hydrogens is 424 g/mol. The lowest BCUT2D eigenvalue weighted by atomic mass is 9.92. The minimum absolute atomic E-state index is 0.276. The van der Waals surface area contributed by atoms with Crippen molar-refractivity contribution in [2.75, 3.05) is 20.3 Å². The molecule has 0 saturated carbocycles. The standard InChI is InChI=1S/C25H30N2O6/c1-6-31-18-12-13-19(20(14-18)32-7-2)23-21(24(28)33-15(3)4)22(26-25(29)27-23)16-8-10-17(30-5)11-9-16/h8-15,23H,6-7H2,1-5H3,(H2,26,27,29). The van der Waals surface area contributed by atoms with E-state index in [1.807, 2.05) is 13.8 Å². The molecule has 1 aliphatic rings. The van der Waals surface area contributed by atoms with Crippen molar-refractivity contribution in [1.29, 1.82) is 0 Å².